The van der Waals surface area contributed by atoms with Crippen molar-refractivity contribution in [2.45, 2.75) is 32.3 Å². The lowest BCUT2D eigenvalue weighted by atomic mass is 9.95. The highest BCUT2D eigenvalue weighted by Crippen LogP contribution is 2.23. The Morgan fingerprint density at radius 3 is 2.94 bits per heavy atom. The fourth-order valence-electron chi connectivity index (χ4n) is 2.74. The zero-order chi connectivity index (χ0) is 13.0. The van der Waals surface area contributed by atoms with Crippen LogP contribution in [-0.4, -0.2) is 29.6 Å². The number of rotatable bonds is 4. The predicted molar refractivity (Wildman–Crippen MR) is 70.8 cm³/mol. The molecule has 0 amide bonds. The highest BCUT2D eigenvalue weighted by atomic mass is 19.1. The van der Waals surface area contributed by atoms with Gasteiger partial charge in [-0.1, -0.05) is 31.5 Å². The molecule has 0 bridgehead atoms. The van der Waals surface area contributed by atoms with Crippen LogP contribution >= 0.6 is 0 Å². The summed E-state index contributed by atoms with van der Waals surface area (Å²) >= 11 is 0. The third kappa shape index (κ3) is 3.30. The van der Waals surface area contributed by atoms with Gasteiger partial charge < -0.3 is 10.0 Å². The van der Waals surface area contributed by atoms with E-state index < -0.39 is 6.10 Å². The van der Waals surface area contributed by atoms with Crippen molar-refractivity contribution >= 4 is 0 Å². The molecule has 2 unspecified atom stereocenters. The maximum atomic E-state index is 13.6. The van der Waals surface area contributed by atoms with Crippen molar-refractivity contribution in [1.29, 1.82) is 0 Å². The Balaban J connectivity index is 1.95. The average molecular weight is 251 g/mol. The van der Waals surface area contributed by atoms with E-state index in [1.54, 1.807) is 18.2 Å². The summed E-state index contributed by atoms with van der Waals surface area (Å²) in [6.07, 6.45) is 2.93. The van der Waals surface area contributed by atoms with Crippen LogP contribution in [0.4, 0.5) is 4.39 Å². The topological polar surface area (TPSA) is 23.5 Å². The second kappa shape index (κ2) is 6.30. The molecule has 2 atom stereocenters. The number of halogens is 1. The van der Waals surface area contributed by atoms with Crippen molar-refractivity contribution < 1.29 is 9.50 Å². The largest absolute Gasteiger partial charge is 0.387 e. The molecule has 0 radical (unpaired) electrons. The Hall–Kier alpha value is -0.930. The lowest BCUT2D eigenvalue weighted by Gasteiger charge is -2.33. The summed E-state index contributed by atoms with van der Waals surface area (Å²) in [4.78, 5) is 2.26. The van der Waals surface area contributed by atoms with Gasteiger partial charge in [-0.25, -0.2) is 4.39 Å². The molecule has 18 heavy (non-hydrogen) atoms. The molecule has 1 fully saturated rings. The number of aliphatic hydroxyl groups excluding tert-OH is 1. The predicted octanol–water partition coefficient (Wildman–Crippen LogP) is 2.98. The summed E-state index contributed by atoms with van der Waals surface area (Å²) in [5.41, 5.74) is 0.413. The second-order valence-corrected chi connectivity index (χ2v) is 5.21. The minimum Gasteiger partial charge on any atom is -0.387 e. The van der Waals surface area contributed by atoms with Crippen LogP contribution in [0.3, 0.4) is 0 Å². The van der Waals surface area contributed by atoms with Crippen molar-refractivity contribution in [2.75, 3.05) is 19.6 Å². The first-order valence-corrected chi connectivity index (χ1v) is 6.85. The van der Waals surface area contributed by atoms with Gasteiger partial charge in [0, 0.05) is 18.7 Å². The van der Waals surface area contributed by atoms with Crippen LogP contribution in [-0.2, 0) is 0 Å². The molecule has 2 rings (SSSR count). The van der Waals surface area contributed by atoms with Gasteiger partial charge in [0.2, 0.25) is 0 Å². The molecule has 0 aliphatic carbocycles. The molecule has 0 spiro atoms. The fourth-order valence-corrected chi connectivity index (χ4v) is 2.74. The van der Waals surface area contributed by atoms with Gasteiger partial charge in [-0.3, -0.25) is 0 Å². The average Bonchev–Trinajstić information content (AvgIpc) is 2.39. The number of piperidine rings is 1. The Kier molecular flexibility index (Phi) is 4.72. The molecule has 1 N–H and O–H groups in total. The smallest absolute Gasteiger partial charge is 0.129 e. The van der Waals surface area contributed by atoms with Crippen LogP contribution in [0.2, 0.25) is 0 Å². The number of benzene rings is 1. The van der Waals surface area contributed by atoms with Crippen molar-refractivity contribution in [3.05, 3.63) is 35.6 Å². The van der Waals surface area contributed by atoms with E-state index in [-0.39, 0.29) is 5.82 Å². The van der Waals surface area contributed by atoms with Crippen molar-refractivity contribution in [1.82, 2.24) is 4.90 Å². The number of nitrogens with zero attached hydrogens (tertiary/aromatic N) is 1. The van der Waals surface area contributed by atoms with Gasteiger partial charge in [0.15, 0.2) is 0 Å². The van der Waals surface area contributed by atoms with Crippen LogP contribution in [0.1, 0.15) is 37.9 Å². The third-order valence-corrected chi connectivity index (χ3v) is 3.88. The number of β-amino-alcohol motifs (C(OH)–C–C–N with tert-alkyl or cyclic N) is 1. The zero-order valence-electron chi connectivity index (χ0n) is 11.0. The summed E-state index contributed by atoms with van der Waals surface area (Å²) in [6.45, 7) is 4.79. The van der Waals surface area contributed by atoms with Crippen molar-refractivity contribution in [3.63, 3.8) is 0 Å². The Morgan fingerprint density at radius 1 is 1.44 bits per heavy atom. The molecule has 1 aromatic rings. The van der Waals surface area contributed by atoms with E-state index in [2.05, 4.69) is 11.8 Å². The lowest BCUT2D eigenvalue weighted by Crippen LogP contribution is -2.38. The molecule has 0 saturated carbocycles. The highest BCUT2D eigenvalue weighted by molar-refractivity contribution is 5.20. The summed E-state index contributed by atoms with van der Waals surface area (Å²) < 4.78 is 13.6. The van der Waals surface area contributed by atoms with Gasteiger partial charge in [-0.2, -0.15) is 0 Å². The zero-order valence-corrected chi connectivity index (χ0v) is 11.0. The molecule has 1 aliphatic rings. The minimum absolute atomic E-state index is 0.311. The quantitative estimate of drug-likeness (QED) is 0.889. The van der Waals surface area contributed by atoms with Crippen LogP contribution in [0.15, 0.2) is 24.3 Å². The first-order chi connectivity index (χ1) is 8.70. The molecule has 1 saturated heterocycles. The number of hydrogen-bond acceptors (Lipinski definition) is 2. The van der Waals surface area contributed by atoms with Gasteiger partial charge in [0.05, 0.1) is 6.10 Å². The van der Waals surface area contributed by atoms with E-state index in [1.165, 1.54) is 25.3 Å². The molecule has 2 nitrogen and oxygen atoms in total. The standard InChI is InChI=1S/C15H22FNO/c1-2-12-6-5-9-17(10-12)11-15(18)13-7-3-4-8-14(13)16/h3-4,7-8,12,15,18H,2,5-6,9-11H2,1H3. The van der Waals surface area contributed by atoms with Gasteiger partial charge in [-0.05, 0) is 31.4 Å². The summed E-state index contributed by atoms with van der Waals surface area (Å²) in [5, 5.41) is 10.1. The molecule has 1 aromatic carbocycles. The molecule has 100 valence electrons. The Labute approximate surface area is 108 Å². The van der Waals surface area contributed by atoms with Gasteiger partial charge in [0.25, 0.3) is 0 Å². The van der Waals surface area contributed by atoms with E-state index in [0.717, 1.165) is 19.0 Å². The normalized spacial score (nSPS) is 22.9. The monoisotopic (exact) mass is 251 g/mol. The molecule has 1 heterocycles. The maximum Gasteiger partial charge on any atom is 0.129 e. The van der Waals surface area contributed by atoms with Crippen LogP contribution in [0.5, 0.6) is 0 Å². The first kappa shape index (κ1) is 13.5. The van der Waals surface area contributed by atoms with E-state index in [0.29, 0.717) is 12.1 Å². The SMILES string of the molecule is CCC1CCCN(CC(O)c2ccccc2F)C1. The first-order valence-electron chi connectivity index (χ1n) is 6.85. The van der Waals surface area contributed by atoms with Crippen LogP contribution in [0, 0.1) is 11.7 Å². The van der Waals surface area contributed by atoms with E-state index in [9.17, 15) is 9.50 Å². The molecule has 0 aromatic heterocycles. The van der Waals surface area contributed by atoms with Crippen molar-refractivity contribution in [2.24, 2.45) is 5.92 Å². The van der Waals surface area contributed by atoms with Gasteiger partial charge in [-0.15, -0.1) is 0 Å². The second-order valence-electron chi connectivity index (χ2n) is 5.21. The van der Waals surface area contributed by atoms with E-state index in [4.69, 9.17) is 0 Å². The van der Waals surface area contributed by atoms with Crippen LogP contribution in [0.25, 0.3) is 0 Å². The number of hydrogen-bond donors (Lipinski definition) is 1. The Bertz CT molecular complexity index is 383. The van der Waals surface area contributed by atoms with Gasteiger partial charge in [0.1, 0.15) is 5.82 Å². The number of likely N-dealkylation sites (tertiary alicyclic amines) is 1. The van der Waals surface area contributed by atoms with Crippen molar-refractivity contribution in [3.8, 4) is 0 Å². The third-order valence-electron chi connectivity index (χ3n) is 3.88. The molecular weight excluding hydrogens is 229 g/mol. The summed E-state index contributed by atoms with van der Waals surface area (Å²) in [6, 6.07) is 6.50. The number of aliphatic hydroxyl groups is 1. The molecule has 3 heteroatoms. The minimum atomic E-state index is -0.721. The summed E-state index contributed by atoms with van der Waals surface area (Å²) in [5.74, 6) is 0.417. The lowest BCUT2D eigenvalue weighted by molar-refractivity contribution is 0.0815. The van der Waals surface area contributed by atoms with E-state index >= 15 is 0 Å². The summed E-state index contributed by atoms with van der Waals surface area (Å²) in [7, 11) is 0. The van der Waals surface area contributed by atoms with E-state index in [1.807, 2.05) is 0 Å². The highest BCUT2D eigenvalue weighted by Gasteiger charge is 2.22. The molecular formula is C15H22FNO. The molecule has 1 aliphatic heterocycles. The maximum absolute atomic E-state index is 13.6. The fraction of sp³-hybridized carbons (Fsp3) is 0.600. The Morgan fingerprint density at radius 2 is 2.22 bits per heavy atom. The van der Waals surface area contributed by atoms with Crippen LogP contribution < -0.4 is 0 Å². The van der Waals surface area contributed by atoms with Gasteiger partial charge >= 0.3 is 0 Å².